The van der Waals surface area contributed by atoms with Gasteiger partial charge in [-0.2, -0.15) is 0 Å². The van der Waals surface area contributed by atoms with Gasteiger partial charge in [-0.25, -0.2) is 4.79 Å². The number of carboxylic acid groups (broad SMARTS) is 1. The Kier molecular flexibility index (Phi) is 1.98. The van der Waals surface area contributed by atoms with Gasteiger partial charge in [0, 0.05) is 13.6 Å². The Bertz CT molecular complexity index is 191. The first-order chi connectivity index (χ1) is 5.11. The molecule has 5 heteroatoms. The molecule has 1 N–H and O–H groups in total. The molecule has 1 unspecified atom stereocenters. The van der Waals surface area contributed by atoms with E-state index in [2.05, 4.69) is 4.74 Å². The highest BCUT2D eigenvalue weighted by Crippen LogP contribution is 2.08. The summed E-state index contributed by atoms with van der Waals surface area (Å²) in [4.78, 5) is 22.3. The summed E-state index contributed by atoms with van der Waals surface area (Å²) in [6.45, 7) is 0.215. The van der Waals surface area contributed by atoms with Crippen LogP contribution in [0.15, 0.2) is 0 Å². The van der Waals surface area contributed by atoms with Crippen LogP contribution >= 0.6 is 0 Å². The zero-order valence-electron chi connectivity index (χ0n) is 6.11. The molecule has 1 saturated heterocycles. The number of hydrogen-bond donors (Lipinski definition) is 1. The molecule has 1 aliphatic heterocycles. The van der Waals surface area contributed by atoms with Crippen LogP contribution in [0.1, 0.15) is 0 Å². The molecular formula is C6H9NO4. The maximum absolute atomic E-state index is 10.7. The van der Waals surface area contributed by atoms with E-state index in [0.717, 1.165) is 0 Å². The zero-order chi connectivity index (χ0) is 8.43. The second-order valence-electron chi connectivity index (χ2n) is 2.49. The standard InChI is InChI=1S/C6H9NO4/c1-7-2-4(5(8)9)3-11-6(7)10/h4H,2-3H2,1H3,(H,8,9). The lowest BCUT2D eigenvalue weighted by atomic mass is 10.1. The van der Waals surface area contributed by atoms with E-state index in [1.165, 1.54) is 11.9 Å². The molecule has 1 amide bonds. The molecule has 0 aromatic heterocycles. The number of carbonyl (C=O) groups is 2. The largest absolute Gasteiger partial charge is 0.481 e. The monoisotopic (exact) mass is 159 g/mol. The minimum atomic E-state index is -0.927. The van der Waals surface area contributed by atoms with E-state index < -0.39 is 18.0 Å². The molecule has 0 radical (unpaired) electrons. The molecule has 0 saturated carbocycles. The third-order valence-electron chi connectivity index (χ3n) is 1.56. The normalized spacial score (nSPS) is 24.6. The average Bonchev–Trinajstić information content (AvgIpc) is 1.94. The van der Waals surface area contributed by atoms with Crippen LogP contribution in [0.5, 0.6) is 0 Å². The van der Waals surface area contributed by atoms with Gasteiger partial charge in [0.25, 0.3) is 0 Å². The van der Waals surface area contributed by atoms with Crippen molar-refractivity contribution in [2.24, 2.45) is 5.92 Å². The van der Waals surface area contributed by atoms with Crippen LogP contribution < -0.4 is 0 Å². The Morgan fingerprint density at radius 1 is 1.82 bits per heavy atom. The number of hydrogen-bond acceptors (Lipinski definition) is 3. The molecule has 5 nitrogen and oxygen atoms in total. The number of carboxylic acids is 1. The minimum absolute atomic E-state index is 0.0154. The van der Waals surface area contributed by atoms with Crippen LogP contribution in [0.3, 0.4) is 0 Å². The summed E-state index contributed by atoms with van der Waals surface area (Å²) in [6, 6.07) is 0. The summed E-state index contributed by atoms with van der Waals surface area (Å²) in [5.74, 6) is -1.51. The highest BCUT2D eigenvalue weighted by Gasteiger charge is 2.28. The smallest absolute Gasteiger partial charge is 0.409 e. The summed E-state index contributed by atoms with van der Waals surface area (Å²) in [7, 11) is 1.51. The van der Waals surface area contributed by atoms with Gasteiger partial charge < -0.3 is 14.7 Å². The lowest BCUT2D eigenvalue weighted by Crippen LogP contribution is -2.43. The van der Waals surface area contributed by atoms with Gasteiger partial charge in [0.15, 0.2) is 0 Å². The van der Waals surface area contributed by atoms with E-state index >= 15 is 0 Å². The number of ether oxygens (including phenoxy) is 1. The summed E-state index contributed by atoms with van der Waals surface area (Å²) in [5.41, 5.74) is 0. The van der Waals surface area contributed by atoms with E-state index in [1.54, 1.807) is 0 Å². The second-order valence-corrected chi connectivity index (χ2v) is 2.49. The van der Waals surface area contributed by atoms with Gasteiger partial charge in [-0.05, 0) is 0 Å². The summed E-state index contributed by atoms with van der Waals surface area (Å²) in [5, 5.41) is 8.52. The molecule has 1 rings (SSSR count). The molecule has 0 aliphatic carbocycles. The van der Waals surface area contributed by atoms with Gasteiger partial charge in [0.1, 0.15) is 12.5 Å². The Morgan fingerprint density at radius 3 is 2.91 bits per heavy atom. The van der Waals surface area contributed by atoms with E-state index in [9.17, 15) is 9.59 Å². The molecule has 0 aromatic rings. The fourth-order valence-electron chi connectivity index (χ4n) is 0.889. The van der Waals surface area contributed by atoms with E-state index in [4.69, 9.17) is 5.11 Å². The van der Waals surface area contributed by atoms with E-state index in [0.29, 0.717) is 0 Å². The van der Waals surface area contributed by atoms with E-state index in [1.807, 2.05) is 0 Å². The van der Waals surface area contributed by atoms with Crippen molar-refractivity contribution in [3.8, 4) is 0 Å². The third kappa shape index (κ3) is 1.60. The first-order valence-corrected chi connectivity index (χ1v) is 3.22. The molecule has 0 bridgehead atoms. The van der Waals surface area contributed by atoms with Crippen LogP contribution in [0.2, 0.25) is 0 Å². The quantitative estimate of drug-likeness (QED) is 0.573. The molecule has 1 atom stereocenters. The maximum atomic E-state index is 10.7. The van der Waals surface area contributed by atoms with E-state index in [-0.39, 0.29) is 13.2 Å². The number of nitrogens with zero attached hydrogens (tertiary/aromatic N) is 1. The van der Waals surface area contributed by atoms with Gasteiger partial charge in [-0.1, -0.05) is 0 Å². The van der Waals surface area contributed by atoms with Gasteiger partial charge in [0.2, 0.25) is 0 Å². The van der Waals surface area contributed by atoms with Crippen molar-refractivity contribution in [1.82, 2.24) is 4.90 Å². The Hall–Kier alpha value is -1.26. The topological polar surface area (TPSA) is 66.8 Å². The van der Waals surface area contributed by atoms with Crippen molar-refractivity contribution >= 4 is 12.1 Å². The lowest BCUT2D eigenvalue weighted by Gasteiger charge is -2.26. The molecule has 62 valence electrons. The first-order valence-electron chi connectivity index (χ1n) is 3.22. The van der Waals surface area contributed by atoms with Crippen molar-refractivity contribution < 1.29 is 19.4 Å². The highest BCUT2D eigenvalue weighted by atomic mass is 16.6. The summed E-state index contributed by atoms with van der Waals surface area (Å²) >= 11 is 0. The Balaban J connectivity index is 2.52. The van der Waals surface area contributed by atoms with Crippen molar-refractivity contribution in [2.75, 3.05) is 20.2 Å². The van der Waals surface area contributed by atoms with Gasteiger partial charge >= 0.3 is 12.1 Å². The molecular weight excluding hydrogens is 150 g/mol. The SMILES string of the molecule is CN1CC(C(=O)O)COC1=O. The molecule has 0 spiro atoms. The summed E-state index contributed by atoms with van der Waals surface area (Å²) in [6.07, 6.45) is -0.456. The average molecular weight is 159 g/mol. The Morgan fingerprint density at radius 2 is 2.45 bits per heavy atom. The lowest BCUT2D eigenvalue weighted by molar-refractivity contribution is -0.145. The molecule has 11 heavy (non-hydrogen) atoms. The Labute approximate surface area is 63.5 Å². The number of amides is 1. The fourth-order valence-corrected chi connectivity index (χ4v) is 0.889. The zero-order valence-corrected chi connectivity index (χ0v) is 6.11. The van der Waals surface area contributed by atoms with Crippen LogP contribution in [0, 0.1) is 5.92 Å². The van der Waals surface area contributed by atoms with Gasteiger partial charge in [0.05, 0.1) is 0 Å². The van der Waals surface area contributed by atoms with Crippen LogP contribution in [0.4, 0.5) is 4.79 Å². The fraction of sp³-hybridized carbons (Fsp3) is 0.667. The van der Waals surface area contributed by atoms with Crippen molar-refractivity contribution in [3.63, 3.8) is 0 Å². The maximum Gasteiger partial charge on any atom is 0.409 e. The first kappa shape index (κ1) is 7.84. The predicted octanol–water partition coefficient (Wildman–Crippen LogP) is -0.231. The number of carbonyl (C=O) groups excluding carboxylic acids is 1. The molecule has 1 aliphatic rings. The highest BCUT2D eigenvalue weighted by molar-refractivity contribution is 5.75. The summed E-state index contributed by atoms with van der Waals surface area (Å²) < 4.78 is 4.57. The van der Waals surface area contributed by atoms with Crippen molar-refractivity contribution in [3.05, 3.63) is 0 Å². The number of aliphatic carboxylic acids is 1. The van der Waals surface area contributed by atoms with Crippen LogP contribution in [-0.2, 0) is 9.53 Å². The number of rotatable bonds is 1. The van der Waals surface area contributed by atoms with Crippen molar-refractivity contribution in [2.45, 2.75) is 0 Å². The minimum Gasteiger partial charge on any atom is -0.481 e. The molecule has 1 heterocycles. The third-order valence-corrected chi connectivity index (χ3v) is 1.56. The second kappa shape index (κ2) is 2.77. The molecule has 0 aromatic carbocycles. The number of cyclic esters (lactones) is 1. The van der Waals surface area contributed by atoms with Crippen LogP contribution in [0.25, 0.3) is 0 Å². The predicted molar refractivity (Wildman–Crippen MR) is 35.1 cm³/mol. The van der Waals surface area contributed by atoms with Gasteiger partial charge in [-0.3, -0.25) is 4.79 Å². The van der Waals surface area contributed by atoms with Crippen LogP contribution in [-0.4, -0.2) is 42.3 Å². The molecule has 1 fully saturated rings. The van der Waals surface area contributed by atoms with Crippen molar-refractivity contribution in [1.29, 1.82) is 0 Å². The van der Waals surface area contributed by atoms with Gasteiger partial charge in [-0.15, -0.1) is 0 Å².